The topological polar surface area (TPSA) is 47.7 Å². The molecule has 0 amide bonds. The first-order valence-corrected chi connectivity index (χ1v) is 7.25. The predicted molar refractivity (Wildman–Crippen MR) is 83.9 cm³/mol. The van der Waals surface area contributed by atoms with E-state index in [9.17, 15) is 8.78 Å². The summed E-state index contributed by atoms with van der Waals surface area (Å²) in [6.45, 7) is 2.84. The summed E-state index contributed by atoms with van der Waals surface area (Å²) in [7, 11) is 0. The quantitative estimate of drug-likeness (QED) is 0.831. The van der Waals surface area contributed by atoms with Crippen molar-refractivity contribution >= 4 is 12.4 Å². The van der Waals surface area contributed by atoms with Gasteiger partial charge in [0.2, 0.25) is 0 Å². The molecule has 0 aliphatic carbocycles. The summed E-state index contributed by atoms with van der Waals surface area (Å²) >= 11 is 0. The van der Waals surface area contributed by atoms with Gasteiger partial charge in [-0.2, -0.15) is 8.78 Å². The van der Waals surface area contributed by atoms with Crippen molar-refractivity contribution in [2.24, 2.45) is 11.7 Å². The van der Waals surface area contributed by atoms with Crippen LogP contribution in [0.4, 0.5) is 8.78 Å². The van der Waals surface area contributed by atoms with E-state index in [0.717, 1.165) is 31.6 Å². The van der Waals surface area contributed by atoms with E-state index in [-0.39, 0.29) is 18.2 Å². The molecule has 2 rings (SSSR count). The second-order valence-electron chi connectivity index (χ2n) is 5.22. The summed E-state index contributed by atoms with van der Waals surface area (Å²) in [6, 6.07) is 5.12. The number of alkyl halides is 2. The number of likely N-dealkylation sites (tertiary alicyclic amines) is 1. The fourth-order valence-electron chi connectivity index (χ4n) is 2.62. The van der Waals surface area contributed by atoms with Crippen molar-refractivity contribution in [2.75, 3.05) is 26.2 Å². The van der Waals surface area contributed by atoms with E-state index in [1.165, 1.54) is 0 Å². The van der Waals surface area contributed by atoms with Crippen molar-refractivity contribution in [1.29, 1.82) is 0 Å². The van der Waals surface area contributed by atoms with E-state index in [1.54, 1.807) is 18.2 Å². The standard InChI is InChI=1S/C15H22F2N2O2.ClH/c1-2-20-14-7-11(3-4-13(14)21-15(16)17)9-19-6-5-12(8-18)10-19;/h3-4,7,12,15H,2,5-6,8-10,18H2,1H3;1H. The first kappa shape index (κ1) is 18.9. The van der Waals surface area contributed by atoms with Gasteiger partial charge < -0.3 is 15.2 Å². The SMILES string of the molecule is CCOc1cc(CN2CCC(CN)C2)ccc1OC(F)F.Cl. The first-order valence-electron chi connectivity index (χ1n) is 7.25. The maximum atomic E-state index is 12.4. The number of nitrogens with two attached hydrogens (primary N) is 1. The van der Waals surface area contributed by atoms with Gasteiger partial charge in [-0.05, 0) is 50.0 Å². The highest BCUT2D eigenvalue weighted by atomic mass is 35.5. The third kappa shape index (κ3) is 5.26. The molecule has 1 aliphatic heterocycles. The molecule has 0 saturated carbocycles. The van der Waals surface area contributed by atoms with Gasteiger partial charge in [0.05, 0.1) is 6.61 Å². The lowest BCUT2D eigenvalue weighted by molar-refractivity contribution is -0.0514. The first-order chi connectivity index (χ1) is 10.1. The van der Waals surface area contributed by atoms with Gasteiger partial charge in [-0.3, -0.25) is 4.90 Å². The summed E-state index contributed by atoms with van der Waals surface area (Å²) in [4.78, 5) is 2.32. The molecule has 1 fully saturated rings. The average molecular weight is 337 g/mol. The van der Waals surface area contributed by atoms with Gasteiger partial charge in [-0.15, -0.1) is 12.4 Å². The molecule has 1 atom stereocenters. The van der Waals surface area contributed by atoms with Crippen molar-refractivity contribution in [3.05, 3.63) is 23.8 Å². The van der Waals surface area contributed by atoms with Crippen LogP contribution in [0.15, 0.2) is 18.2 Å². The Balaban J connectivity index is 0.00000242. The van der Waals surface area contributed by atoms with E-state index in [4.69, 9.17) is 10.5 Å². The van der Waals surface area contributed by atoms with Crippen LogP contribution in [0, 0.1) is 5.92 Å². The molecule has 0 aromatic heterocycles. The molecular formula is C15H23ClF2N2O2. The second-order valence-corrected chi connectivity index (χ2v) is 5.22. The van der Waals surface area contributed by atoms with Crippen molar-refractivity contribution in [2.45, 2.75) is 26.5 Å². The average Bonchev–Trinajstić information content (AvgIpc) is 2.89. The zero-order valence-electron chi connectivity index (χ0n) is 12.6. The van der Waals surface area contributed by atoms with E-state index in [1.807, 2.05) is 6.92 Å². The number of hydrogen-bond acceptors (Lipinski definition) is 4. The molecule has 1 unspecified atom stereocenters. The van der Waals surface area contributed by atoms with Crippen LogP contribution in [0.25, 0.3) is 0 Å². The molecule has 1 aromatic carbocycles. The minimum atomic E-state index is -2.85. The third-order valence-electron chi connectivity index (χ3n) is 3.63. The third-order valence-corrected chi connectivity index (χ3v) is 3.63. The fourth-order valence-corrected chi connectivity index (χ4v) is 2.62. The maximum Gasteiger partial charge on any atom is 0.387 e. The monoisotopic (exact) mass is 336 g/mol. The molecule has 126 valence electrons. The molecule has 1 aromatic rings. The second kappa shape index (κ2) is 9.12. The number of halogens is 3. The van der Waals surface area contributed by atoms with Gasteiger partial charge in [-0.1, -0.05) is 6.07 Å². The Kier molecular flexibility index (Phi) is 7.85. The Bertz CT molecular complexity index is 463. The lowest BCUT2D eigenvalue weighted by Gasteiger charge is -2.17. The number of rotatable bonds is 7. The van der Waals surface area contributed by atoms with Crippen molar-refractivity contribution in [1.82, 2.24) is 4.90 Å². The Morgan fingerprint density at radius 3 is 2.73 bits per heavy atom. The van der Waals surface area contributed by atoms with E-state index >= 15 is 0 Å². The fraction of sp³-hybridized carbons (Fsp3) is 0.600. The van der Waals surface area contributed by atoms with Crippen LogP contribution in [0.3, 0.4) is 0 Å². The zero-order chi connectivity index (χ0) is 15.2. The molecule has 0 radical (unpaired) electrons. The van der Waals surface area contributed by atoms with Gasteiger partial charge >= 0.3 is 6.61 Å². The van der Waals surface area contributed by atoms with Gasteiger partial charge in [0.15, 0.2) is 11.5 Å². The van der Waals surface area contributed by atoms with Gasteiger partial charge in [0, 0.05) is 13.1 Å². The number of hydrogen-bond donors (Lipinski definition) is 1. The Morgan fingerprint density at radius 2 is 2.14 bits per heavy atom. The Labute approximate surface area is 136 Å². The molecule has 22 heavy (non-hydrogen) atoms. The van der Waals surface area contributed by atoms with Crippen LogP contribution in [0.1, 0.15) is 18.9 Å². The van der Waals surface area contributed by atoms with Gasteiger partial charge in [0.25, 0.3) is 0 Å². The van der Waals surface area contributed by atoms with Crippen molar-refractivity contribution in [3.8, 4) is 11.5 Å². The molecule has 0 bridgehead atoms. The molecule has 1 aliphatic rings. The number of benzene rings is 1. The number of ether oxygens (including phenoxy) is 2. The predicted octanol–water partition coefficient (Wildman–Crippen LogP) is 2.89. The van der Waals surface area contributed by atoms with Gasteiger partial charge in [0.1, 0.15) is 0 Å². The highest BCUT2D eigenvalue weighted by Gasteiger charge is 2.21. The van der Waals surface area contributed by atoms with Crippen LogP contribution < -0.4 is 15.2 Å². The van der Waals surface area contributed by atoms with E-state index in [0.29, 0.717) is 24.8 Å². The van der Waals surface area contributed by atoms with Crippen LogP contribution in [0.5, 0.6) is 11.5 Å². The maximum absolute atomic E-state index is 12.4. The molecule has 7 heteroatoms. The molecule has 1 heterocycles. The van der Waals surface area contributed by atoms with Crippen LogP contribution in [-0.4, -0.2) is 37.8 Å². The molecule has 4 nitrogen and oxygen atoms in total. The summed E-state index contributed by atoms with van der Waals surface area (Å²) in [5.41, 5.74) is 6.71. The lowest BCUT2D eigenvalue weighted by atomic mass is 10.1. The van der Waals surface area contributed by atoms with Crippen LogP contribution >= 0.6 is 12.4 Å². The van der Waals surface area contributed by atoms with E-state index < -0.39 is 6.61 Å². The summed E-state index contributed by atoms with van der Waals surface area (Å²) in [5, 5.41) is 0. The largest absolute Gasteiger partial charge is 0.490 e. The number of nitrogens with zero attached hydrogens (tertiary/aromatic N) is 1. The van der Waals surface area contributed by atoms with Crippen LogP contribution in [-0.2, 0) is 6.54 Å². The minimum absolute atomic E-state index is 0. The van der Waals surface area contributed by atoms with Gasteiger partial charge in [-0.25, -0.2) is 0 Å². The minimum Gasteiger partial charge on any atom is -0.490 e. The Hall–Kier alpha value is -1.11. The smallest absolute Gasteiger partial charge is 0.387 e. The highest BCUT2D eigenvalue weighted by Crippen LogP contribution is 2.30. The summed E-state index contributed by atoms with van der Waals surface area (Å²) < 4.78 is 34.6. The zero-order valence-corrected chi connectivity index (χ0v) is 13.5. The summed E-state index contributed by atoms with van der Waals surface area (Å²) in [6.07, 6.45) is 1.11. The van der Waals surface area contributed by atoms with Crippen molar-refractivity contribution < 1.29 is 18.3 Å². The normalized spacial score (nSPS) is 18.3. The van der Waals surface area contributed by atoms with E-state index in [2.05, 4.69) is 9.64 Å². The highest BCUT2D eigenvalue weighted by molar-refractivity contribution is 5.85. The molecule has 0 spiro atoms. The molecular weight excluding hydrogens is 314 g/mol. The molecule has 2 N–H and O–H groups in total. The summed E-state index contributed by atoms with van der Waals surface area (Å²) in [5.74, 6) is 1.000. The lowest BCUT2D eigenvalue weighted by Crippen LogP contribution is -2.22. The Morgan fingerprint density at radius 1 is 1.36 bits per heavy atom. The molecule has 1 saturated heterocycles. The van der Waals surface area contributed by atoms with Crippen LogP contribution in [0.2, 0.25) is 0 Å². The van der Waals surface area contributed by atoms with Crippen molar-refractivity contribution in [3.63, 3.8) is 0 Å².